The second-order valence-electron chi connectivity index (χ2n) is 5.87. The molecule has 2 heterocycles. The highest BCUT2D eigenvalue weighted by Gasteiger charge is 2.30. The Bertz CT molecular complexity index is 954. The summed E-state index contributed by atoms with van der Waals surface area (Å²) in [5, 5.41) is 2.97. The summed E-state index contributed by atoms with van der Waals surface area (Å²) in [6, 6.07) is 11.3. The van der Waals surface area contributed by atoms with Gasteiger partial charge >= 0.3 is 6.36 Å². The van der Waals surface area contributed by atoms with E-state index in [1.54, 1.807) is 0 Å². The Kier molecular flexibility index (Phi) is 7.11. The number of nitrogens with two attached hydrogens (primary N) is 1. The minimum Gasteiger partial charge on any atom is -0.406 e. The maximum absolute atomic E-state index is 12.1. The number of fused-ring (bicyclic) bond motifs is 1. The van der Waals surface area contributed by atoms with E-state index in [2.05, 4.69) is 20.0 Å². The Labute approximate surface area is 176 Å². The van der Waals surface area contributed by atoms with Gasteiger partial charge in [0.2, 0.25) is 0 Å². The molecule has 6 nitrogen and oxygen atoms in total. The Hall–Kier alpha value is -2.50. The number of hydrogen-bond acceptors (Lipinski definition) is 3. The molecule has 0 radical (unpaired) electrons. The molecule has 0 atom stereocenters. The number of halogens is 4. The number of aliphatic imine (C=N–C) groups is 1. The zero-order valence-corrected chi connectivity index (χ0v) is 17.2. The quantitative estimate of drug-likeness (QED) is 0.315. The first-order valence-corrected chi connectivity index (χ1v) is 8.12. The van der Waals surface area contributed by atoms with Gasteiger partial charge in [-0.2, -0.15) is 0 Å². The molecule has 3 N–H and O–H groups in total. The van der Waals surface area contributed by atoms with Crippen LogP contribution in [-0.2, 0) is 13.1 Å². The number of pyridine rings is 1. The molecule has 150 valence electrons. The topological polar surface area (TPSA) is 76.9 Å². The van der Waals surface area contributed by atoms with Crippen LogP contribution in [0, 0.1) is 6.92 Å². The maximum Gasteiger partial charge on any atom is 0.573 e. The largest absolute Gasteiger partial charge is 0.573 e. The number of hydrogen-bond donors (Lipinski definition) is 2. The van der Waals surface area contributed by atoms with Crippen LogP contribution in [0.1, 0.15) is 17.0 Å². The molecule has 0 fully saturated rings. The third-order valence-corrected chi connectivity index (χ3v) is 3.79. The molecule has 28 heavy (non-hydrogen) atoms. The Morgan fingerprint density at radius 3 is 2.57 bits per heavy atom. The first-order valence-electron chi connectivity index (χ1n) is 8.12. The van der Waals surface area contributed by atoms with Gasteiger partial charge in [0.1, 0.15) is 11.4 Å². The number of ether oxygens (including phenoxy) is 1. The Balaban J connectivity index is 0.00000280. The number of guanidine groups is 1. The van der Waals surface area contributed by atoms with Crippen LogP contribution in [0.5, 0.6) is 5.75 Å². The third-order valence-electron chi connectivity index (χ3n) is 3.79. The number of nitrogens with zero attached hydrogens (tertiary/aromatic N) is 3. The molecular formula is C18H19F3IN5O. The van der Waals surface area contributed by atoms with E-state index in [1.807, 2.05) is 35.7 Å². The van der Waals surface area contributed by atoms with Crippen molar-refractivity contribution in [2.75, 3.05) is 0 Å². The van der Waals surface area contributed by atoms with Crippen molar-refractivity contribution in [2.24, 2.45) is 10.7 Å². The standard InChI is InChI=1S/C18H18F3N5O.HI/c1-12-3-2-4-16-25-14(11-26(12)16)10-24-17(22)23-9-13-5-7-15(8-6-13)27-18(19,20)21;/h2-8,11H,9-10H2,1H3,(H3,22,23,24);1H. The molecule has 3 rings (SSSR count). The summed E-state index contributed by atoms with van der Waals surface area (Å²) in [4.78, 5) is 8.66. The Morgan fingerprint density at radius 1 is 1.21 bits per heavy atom. The smallest absolute Gasteiger partial charge is 0.406 e. The number of nitrogens with one attached hydrogen (secondary N) is 1. The van der Waals surface area contributed by atoms with Crippen LogP contribution < -0.4 is 15.8 Å². The van der Waals surface area contributed by atoms with Crippen LogP contribution in [0.4, 0.5) is 13.2 Å². The van der Waals surface area contributed by atoms with Gasteiger partial charge in [-0.25, -0.2) is 9.98 Å². The molecule has 0 saturated heterocycles. The van der Waals surface area contributed by atoms with Crippen molar-refractivity contribution < 1.29 is 17.9 Å². The van der Waals surface area contributed by atoms with Gasteiger partial charge in [0.05, 0.1) is 18.8 Å². The van der Waals surface area contributed by atoms with Crippen molar-refractivity contribution in [1.82, 2.24) is 14.7 Å². The number of alkyl halides is 3. The second-order valence-corrected chi connectivity index (χ2v) is 5.87. The van der Waals surface area contributed by atoms with Crippen molar-refractivity contribution in [3.63, 3.8) is 0 Å². The molecule has 0 spiro atoms. The van der Waals surface area contributed by atoms with Gasteiger partial charge in [0.15, 0.2) is 5.96 Å². The zero-order chi connectivity index (χ0) is 19.4. The second kappa shape index (κ2) is 9.13. The lowest BCUT2D eigenvalue weighted by Crippen LogP contribution is -2.31. The fourth-order valence-corrected chi connectivity index (χ4v) is 2.49. The average Bonchev–Trinajstić information content (AvgIpc) is 3.03. The molecule has 2 aromatic heterocycles. The van der Waals surface area contributed by atoms with E-state index in [1.165, 1.54) is 24.3 Å². The highest BCUT2D eigenvalue weighted by Crippen LogP contribution is 2.22. The first kappa shape index (κ1) is 21.8. The van der Waals surface area contributed by atoms with E-state index in [4.69, 9.17) is 5.73 Å². The number of aromatic nitrogens is 2. The average molecular weight is 505 g/mol. The van der Waals surface area contributed by atoms with Gasteiger partial charge in [-0.3, -0.25) is 0 Å². The van der Waals surface area contributed by atoms with Crippen LogP contribution >= 0.6 is 24.0 Å². The molecule has 3 aromatic rings. The minimum absolute atomic E-state index is 0. The lowest BCUT2D eigenvalue weighted by Gasteiger charge is -2.09. The van der Waals surface area contributed by atoms with Crippen LogP contribution in [0.2, 0.25) is 0 Å². The summed E-state index contributed by atoms with van der Waals surface area (Å²) >= 11 is 0. The van der Waals surface area contributed by atoms with E-state index in [0.29, 0.717) is 12.1 Å². The molecule has 0 aliphatic carbocycles. The van der Waals surface area contributed by atoms with Gasteiger partial charge in [0.25, 0.3) is 0 Å². The SMILES string of the molecule is Cc1cccc2nc(CNC(N)=NCc3ccc(OC(F)(F)F)cc3)cn12.I. The van der Waals surface area contributed by atoms with Gasteiger partial charge in [0, 0.05) is 11.9 Å². The number of aryl methyl sites for hydroxylation is 1. The van der Waals surface area contributed by atoms with Gasteiger partial charge < -0.3 is 20.2 Å². The normalized spacial score (nSPS) is 11.9. The fourth-order valence-electron chi connectivity index (χ4n) is 2.49. The first-order chi connectivity index (χ1) is 12.8. The van der Waals surface area contributed by atoms with E-state index in [9.17, 15) is 13.2 Å². The third kappa shape index (κ3) is 6.01. The van der Waals surface area contributed by atoms with E-state index < -0.39 is 6.36 Å². The summed E-state index contributed by atoms with van der Waals surface area (Å²) < 4.78 is 42.2. The van der Waals surface area contributed by atoms with Crippen LogP contribution in [0.25, 0.3) is 5.65 Å². The number of rotatable bonds is 5. The van der Waals surface area contributed by atoms with Crippen molar-refractivity contribution in [1.29, 1.82) is 0 Å². The van der Waals surface area contributed by atoms with Gasteiger partial charge in [-0.05, 0) is 36.8 Å². The molecule has 1 aromatic carbocycles. The van der Waals surface area contributed by atoms with Crippen LogP contribution in [0.15, 0.2) is 53.7 Å². The van der Waals surface area contributed by atoms with E-state index in [0.717, 1.165) is 17.0 Å². The maximum atomic E-state index is 12.1. The lowest BCUT2D eigenvalue weighted by atomic mass is 10.2. The zero-order valence-electron chi connectivity index (χ0n) is 14.9. The monoisotopic (exact) mass is 505 g/mol. The van der Waals surface area contributed by atoms with Crippen molar-refractivity contribution in [3.8, 4) is 5.75 Å². The number of benzene rings is 1. The molecule has 0 aliphatic rings. The lowest BCUT2D eigenvalue weighted by molar-refractivity contribution is -0.274. The summed E-state index contributed by atoms with van der Waals surface area (Å²) in [7, 11) is 0. The molecule has 0 unspecified atom stereocenters. The van der Waals surface area contributed by atoms with E-state index in [-0.39, 0.29) is 42.2 Å². The molecular weight excluding hydrogens is 486 g/mol. The van der Waals surface area contributed by atoms with Gasteiger partial charge in [-0.1, -0.05) is 18.2 Å². The van der Waals surface area contributed by atoms with Crippen LogP contribution in [0.3, 0.4) is 0 Å². The fraction of sp³-hybridized carbons (Fsp3) is 0.222. The van der Waals surface area contributed by atoms with Crippen molar-refractivity contribution in [2.45, 2.75) is 26.4 Å². The summed E-state index contributed by atoms with van der Waals surface area (Å²) in [6.07, 6.45) is -2.78. The predicted octanol–water partition coefficient (Wildman–Crippen LogP) is 3.76. The van der Waals surface area contributed by atoms with Crippen molar-refractivity contribution in [3.05, 3.63) is 65.6 Å². The van der Waals surface area contributed by atoms with Gasteiger partial charge in [-0.15, -0.1) is 37.1 Å². The van der Waals surface area contributed by atoms with E-state index >= 15 is 0 Å². The molecule has 10 heteroatoms. The van der Waals surface area contributed by atoms with Crippen LogP contribution in [-0.4, -0.2) is 21.7 Å². The summed E-state index contributed by atoms with van der Waals surface area (Å²) in [6.45, 7) is 2.64. The van der Waals surface area contributed by atoms with Crippen molar-refractivity contribution >= 4 is 35.6 Å². The summed E-state index contributed by atoms with van der Waals surface area (Å²) in [5.41, 5.74) is 9.28. The highest BCUT2D eigenvalue weighted by atomic mass is 127. The molecule has 0 aliphatic heterocycles. The molecule has 0 bridgehead atoms. The highest BCUT2D eigenvalue weighted by molar-refractivity contribution is 14.0. The molecule has 0 amide bonds. The molecule has 0 saturated carbocycles. The predicted molar refractivity (Wildman–Crippen MR) is 111 cm³/mol. The Morgan fingerprint density at radius 2 is 1.93 bits per heavy atom. The summed E-state index contributed by atoms with van der Waals surface area (Å²) in [5.74, 6) is -0.0529. The number of imidazole rings is 1. The minimum atomic E-state index is -4.70.